The van der Waals surface area contributed by atoms with Crippen LogP contribution in [0.15, 0.2) is 0 Å². The molecule has 1 atom stereocenters. The van der Waals surface area contributed by atoms with Crippen LogP contribution in [0.2, 0.25) is 0 Å². The molecule has 0 N–H and O–H groups in total. The molecule has 58 valence electrons. The molecule has 1 aliphatic rings. The standard InChI is InChI=1S/C7H13NOS/c1-8-3-2-7(9)4-6(8)5-10/h6,10H,2-5H2,1H3/t6-/m1/s1. The van der Waals surface area contributed by atoms with E-state index < -0.39 is 0 Å². The number of piperidine rings is 1. The summed E-state index contributed by atoms with van der Waals surface area (Å²) in [5.74, 6) is 1.18. The van der Waals surface area contributed by atoms with Gasteiger partial charge in [0.1, 0.15) is 5.78 Å². The summed E-state index contributed by atoms with van der Waals surface area (Å²) in [6.07, 6.45) is 1.42. The molecule has 0 saturated carbocycles. The molecule has 0 radical (unpaired) electrons. The molecule has 1 fully saturated rings. The molecule has 0 aromatic heterocycles. The van der Waals surface area contributed by atoms with Gasteiger partial charge in [-0.2, -0.15) is 12.6 Å². The van der Waals surface area contributed by atoms with Crippen molar-refractivity contribution >= 4 is 18.4 Å². The second-order valence-corrected chi connectivity index (χ2v) is 3.17. The quantitative estimate of drug-likeness (QED) is 0.565. The maximum atomic E-state index is 10.9. The molecular formula is C7H13NOS. The van der Waals surface area contributed by atoms with Gasteiger partial charge in [0.15, 0.2) is 0 Å². The Morgan fingerprint density at radius 1 is 1.80 bits per heavy atom. The monoisotopic (exact) mass is 159 g/mol. The third-order valence-electron chi connectivity index (χ3n) is 2.04. The summed E-state index contributed by atoms with van der Waals surface area (Å²) < 4.78 is 0. The average Bonchev–Trinajstić information content (AvgIpc) is 1.94. The van der Waals surface area contributed by atoms with Crippen molar-refractivity contribution in [1.29, 1.82) is 0 Å². The second-order valence-electron chi connectivity index (χ2n) is 2.81. The number of nitrogens with zero attached hydrogens (tertiary/aromatic N) is 1. The number of carbonyl (C=O) groups is 1. The topological polar surface area (TPSA) is 20.3 Å². The van der Waals surface area contributed by atoms with Crippen LogP contribution >= 0.6 is 12.6 Å². The Kier molecular flexibility index (Phi) is 2.74. The van der Waals surface area contributed by atoms with Crippen LogP contribution in [0.1, 0.15) is 12.8 Å². The Bertz CT molecular complexity index is 138. The Balaban J connectivity index is 2.45. The maximum Gasteiger partial charge on any atom is 0.135 e. The van der Waals surface area contributed by atoms with Gasteiger partial charge in [0.2, 0.25) is 0 Å². The zero-order valence-electron chi connectivity index (χ0n) is 6.21. The summed E-state index contributed by atoms with van der Waals surface area (Å²) in [4.78, 5) is 13.1. The smallest absolute Gasteiger partial charge is 0.135 e. The Hall–Kier alpha value is -0.0200. The van der Waals surface area contributed by atoms with Crippen LogP contribution in [0.5, 0.6) is 0 Å². The minimum absolute atomic E-state index is 0.379. The highest BCUT2D eigenvalue weighted by molar-refractivity contribution is 7.80. The van der Waals surface area contributed by atoms with Gasteiger partial charge < -0.3 is 4.90 Å². The van der Waals surface area contributed by atoms with E-state index in [1.54, 1.807) is 0 Å². The molecule has 0 aromatic rings. The Labute approximate surface area is 67.0 Å². The summed E-state index contributed by atoms with van der Waals surface area (Å²) in [5, 5.41) is 0. The number of rotatable bonds is 1. The molecule has 1 heterocycles. The van der Waals surface area contributed by atoms with E-state index >= 15 is 0 Å². The van der Waals surface area contributed by atoms with Gasteiger partial charge in [-0.3, -0.25) is 4.79 Å². The van der Waals surface area contributed by atoms with Crippen LogP contribution in [-0.2, 0) is 4.79 Å². The van der Waals surface area contributed by atoms with Crippen molar-refractivity contribution in [3.05, 3.63) is 0 Å². The van der Waals surface area contributed by atoms with Gasteiger partial charge in [0.05, 0.1) is 0 Å². The molecule has 0 aromatic carbocycles. The SMILES string of the molecule is CN1CCC(=O)C[C@@H]1CS. The molecule has 0 aliphatic carbocycles. The lowest BCUT2D eigenvalue weighted by molar-refractivity contribution is -0.122. The van der Waals surface area contributed by atoms with Gasteiger partial charge in [0, 0.05) is 31.2 Å². The first kappa shape index (κ1) is 8.08. The zero-order chi connectivity index (χ0) is 7.56. The summed E-state index contributed by atoms with van der Waals surface area (Å²) >= 11 is 4.17. The summed E-state index contributed by atoms with van der Waals surface area (Å²) in [6.45, 7) is 0.907. The average molecular weight is 159 g/mol. The van der Waals surface area contributed by atoms with Crippen molar-refractivity contribution in [2.75, 3.05) is 19.3 Å². The van der Waals surface area contributed by atoms with Gasteiger partial charge >= 0.3 is 0 Å². The molecule has 2 nitrogen and oxygen atoms in total. The van der Waals surface area contributed by atoms with Crippen LogP contribution in [-0.4, -0.2) is 36.1 Å². The van der Waals surface area contributed by atoms with Crippen LogP contribution in [0.3, 0.4) is 0 Å². The molecule has 1 saturated heterocycles. The lowest BCUT2D eigenvalue weighted by atomic mass is 10.0. The van der Waals surface area contributed by atoms with E-state index in [9.17, 15) is 4.79 Å². The van der Waals surface area contributed by atoms with E-state index in [2.05, 4.69) is 17.5 Å². The van der Waals surface area contributed by atoms with Crippen molar-refractivity contribution in [1.82, 2.24) is 4.90 Å². The van der Waals surface area contributed by atoms with Crippen LogP contribution in [0, 0.1) is 0 Å². The molecule has 3 heteroatoms. The van der Waals surface area contributed by atoms with Crippen molar-refractivity contribution in [2.45, 2.75) is 18.9 Å². The number of carbonyl (C=O) groups excluding carboxylic acids is 1. The molecule has 1 rings (SSSR count). The Morgan fingerprint density at radius 3 is 3.00 bits per heavy atom. The lowest BCUT2D eigenvalue weighted by Crippen LogP contribution is -2.41. The van der Waals surface area contributed by atoms with Crippen LogP contribution in [0.25, 0.3) is 0 Å². The molecule has 0 amide bonds. The van der Waals surface area contributed by atoms with Crippen molar-refractivity contribution in [3.63, 3.8) is 0 Å². The fourth-order valence-electron chi connectivity index (χ4n) is 1.21. The van der Waals surface area contributed by atoms with E-state index in [1.165, 1.54) is 0 Å². The number of likely N-dealkylation sites (tertiary alicyclic amines) is 1. The van der Waals surface area contributed by atoms with E-state index in [1.807, 2.05) is 7.05 Å². The predicted octanol–water partition coefficient (Wildman–Crippen LogP) is 0.580. The van der Waals surface area contributed by atoms with E-state index in [0.29, 0.717) is 18.2 Å². The van der Waals surface area contributed by atoms with Crippen LogP contribution < -0.4 is 0 Å². The van der Waals surface area contributed by atoms with Gasteiger partial charge in [-0.1, -0.05) is 0 Å². The zero-order valence-corrected chi connectivity index (χ0v) is 7.10. The highest BCUT2D eigenvalue weighted by atomic mass is 32.1. The highest BCUT2D eigenvalue weighted by Gasteiger charge is 2.22. The normalized spacial score (nSPS) is 29.0. The van der Waals surface area contributed by atoms with E-state index in [4.69, 9.17) is 0 Å². The number of ketones is 1. The van der Waals surface area contributed by atoms with Gasteiger partial charge in [-0.25, -0.2) is 0 Å². The third-order valence-corrected chi connectivity index (χ3v) is 2.46. The number of thiol groups is 1. The van der Waals surface area contributed by atoms with Crippen LogP contribution in [0.4, 0.5) is 0 Å². The minimum Gasteiger partial charge on any atom is -0.302 e. The molecule has 10 heavy (non-hydrogen) atoms. The molecule has 0 bridgehead atoms. The predicted molar refractivity (Wildman–Crippen MR) is 44.5 cm³/mol. The first-order valence-corrected chi connectivity index (χ1v) is 4.20. The van der Waals surface area contributed by atoms with Crippen molar-refractivity contribution in [2.24, 2.45) is 0 Å². The summed E-state index contributed by atoms with van der Waals surface area (Å²) in [6, 6.07) is 0.379. The highest BCUT2D eigenvalue weighted by Crippen LogP contribution is 2.12. The lowest BCUT2D eigenvalue weighted by Gasteiger charge is -2.30. The molecular weight excluding hydrogens is 146 g/mol. The molecule has 0 unspecified atom stereocenters. The van der Waals surface area contributed by atoms with Gasteiger partial charge in [-0.05, 0) is 7.05 Å². The minimum atomic E-state index is 0.379. The Morgan fingerprint density at radius 2 is 2.50 bits per heavy atom. The van der Waals surface area contributed by atoms with Gasteiger partial charge in [-0.15, -0.1) is 0 Å². The third kappa shape index (κ3) is 1.73. The number of hydrogen-bond donors (Lipinski definition) is 1. The fourth-order valence-corrected chi connectivity index (χ4v) is 1.62. The fraction of sp³-hybridized carbons (Fsp3) is 0.857. The summed E-state index contributed by atoms with van der Waals surface area (Å²) in [7, 11) is 2.05. The first-order chi connectivity index (χ1) is 4.74. The summed E-state index contributed by atoms with van der Waals surface area (Å²) in [5.41, 5.74) is 0. The largest absolute Gasteiger partial charge is 0.302 e. The number of Topliss-reactive ketones (excluding diaryl/α,β-unsaturated/α-hetero) is 1. The van der Waals surface area contributed by atoms with Gasteiger partial charge in [0.25, 0.3) is 0 Å². The van der Waals surface area contributed by atoms with Crippen molar-refractivity contribution in [3.8, 4) is 0 Å². The first-order valence-electron chi connectivity index (χ1n) is 3.57. The molecule has 0 spiro atoms. The molecule has 1 aliphatic heterocycles. The second kappa shape index (κ2) is 3.39. The maximum absolute atomic E-state index is 10.9. The number of hydrogen-bond acceptors (Lipinski definition) is 3. The van der Waals surface area contributed by atoms with E-state index in [0.717, 1.165) is 18.7 Å². The van der Waals surface area contributed by atoms with Crippen molar-refractivity contribution < 1.29 is 4.79 Å². The van der Waals surface area contributed by atoms with E-state index in [-0.39, 0.29) is 0 Å².